The maximum atomic E-state index is 11.6. The van der Waals surface area contributed by atoms with E-state index in [2.05, 4.69) is 26.3 Å². The van der Waals surface area contributed by atoms with Crippen LogP contribution < -0.4 is 5.32 Å². The van der Waals surface area contributed by atoms with E-state index in [0.717, 1.165) is 0 Å². The van der Waals surface area contributed by atoms with E-state index >= 15 is 0 Å². The van der Waals surface area contributed by atoms with E-state index in [1.807, 2.05) is 0 Å². The molecule has 0 aromatic carbocycles. The first-order chi connectivity index (χ1) is 9.52. The van der Waals surface area contributed by atoms with Gasteiger partial charge in [-0.05, 0) is 34.1 Å². The van der Waals surface area contributed by atoms with Crippen LogP contribution in [0.1, 0.15) is 5.76 Å². The predicted molar refractivity (Wildman–Crippen MR) is 73.9 cm³/mol. The molecule has 0 spiro atoms. The molecule has 0 saturated carbocycles. The van der Waals surface area contributed by atoms with E-state index in [-0.39, 0.29) is 12.5 Å². The van der Waals surface area contributed by atoms with Crippen molar-refractivity contribution in [1.82, 2.24) is 9.78 Å². The highest BCUT2D eigenvalue weighted by molar-refractivity contribution is 9.10. The number of furan rings is 1. The molecule has 0 fully saturated rings. The fourth-order valence-electron chi connectivity index (χ4n) is 1.41. The summed E-state index contributed by atoms with van der Waals surface area (Å²) in [6.07, 6.45) is 5.63. The first-order valence-electron chi connectivity index (χ1n) is 5.51. The number of carbonyl (C=O) groups is 2. The van der Waals surface area contributed by atoms with Crippen molar-refractivity contribution in [2.45, 2.75) is 6.54 Å². The van der Waals surface area contributed by atoms with Gasteiger partial charge < -0.3 is 14.8 Å². The van der Waals surface area contributed by atoms with Gasteiger partial charge in [0, 0.05) is 12.3 Å². The van der Waals surface area contributed by atoms with Crippen molar-refractivity contribution in [3.05, 3.63) is 41.0 Å². The number of carboxylic acid groups (broad SMARTS) is 1. The van der Waals surface area contributed by atoms with Crippen molar-refractivity contribution in [2.24, 2.45) is 0 Å². The van der Waals surface area contributed by atoms with Crippen LogP contribution in [0.3, 0.4) is 0 Å². The van der Waals surface area contributed by atoms with Crippen molar-refractivity contribution in [3.63, 3.8) is 0 Å². The summed E-state index contributed by atoms with van der Waals surface area (Å²) in [5.41, 5.74) is 0.418. The number of rotatable bonds is 5. The van der Waals surface area contributed by atoms with E-state index in [1.54, 1.807) is 12.1 Å². The monoisotopic (exact) mass is 339 g/mol. The van der Waals surface area contributed by atoms with Gasteiger partial charge in [-0.3, -0.25) is 14.3 Å². The summed E-state index contributed by atoms with van der Waals surface area (Å²) in [6, 6.07) is 3.42. The number of hydrogen-bond acceptors (Lipinski definition) is 4. The molecule has 2 N–H and O–H groups in total. The average Bonchev–Trinajstić information content (AvgIpc) is 2.95. The van der Waals surface area contributed by atoms with Crippen LogP contribution in [0.2, 0.25) is 0 Å². The van der Waals surface area contributed by atoms with E-state index in [4.69, 9.17) is 9.52 Å². The minimum absolute atomic E-state index is 0.258. The van der Waals surface area contributed by atoms with E-state index < -0.39 is 5.97 Å². The summed E-state index contributed by atoms with van der Waals surface area (Å²) in [5.74, 6) is -0.838. The fraction of sp³-hybridized carbons (Fsp3) is 0.0833. The Bertz CT molecular complexity index is 659. The van der Waals surface area contributed by atoms with Gasteiger partial charge in [0.15, 0.2) is 4.67 Å². The van der Waals surface area contributed by atoms with Crippen LogP contribution in [0.5, 0.6) is 0 Å². The Morgan fingerprint density at radius 3 is 2.95 bits per heavy atom. The summed E-state index contributed by atoms with van der Waals surface area (Å²) >= 11 is 3.16. The van der Waals surface area contributed by atoms with Crippen molar-refractivity contribution in [2.75, 3.05) is 5.32 Å². The standard InChI is InChI=1S/C12H10BrN3O4/c13-10-3-1-9(20-10)2-4-11(17)15-8-5-14-16(6-8)7-12(18)19/h1-6H,7H2,(H,15,17)(H,18,19)/b4-2+. The van der Waals surface area contributed by atoms with Crippen LogP contribution in [-0.2, 0) is 16.1 Å². The molecule has 104 valence electrons. The zero-order chi connectivity index (χ0) is 14.5. The quantitative estimate of drug-likeness (QED) is 0.811. The molecule has 0 radical (unpaired) electrons. The zero-order valence-electron chi connectivity index (χ0n) is 10.1. The van der Waals surface area contributed by atoms with Crippen LogP contribution >= 0.6 is 15.9 Å². The number of carboxylic acids is 1. The number of halogens is 1. The number of nitrogens with zero attached hydrogens (tertiary/aromatic N) is 2. The van der Waals surface area contributed by atoms with Gasteiger partial charge in [-0.1, -0.05) is 0 Å². The summed E-state index contributed by atoms with van der Waals surface area (Å²) in [6.45, 7) is -0.258. The molecular weight excluding hydrogens is 330 g/mol. The van der Waals surface area contributed by atoms with E-state index in [1.165, 1.54) is 29.2 Å². The minimum Gasteiger partial charge on any atom is -0.480 e. The lowest BCUT2D eigenvalue weighted by Crippen LogP contribution is -2.09. The van der Waals surface area contributed by atoms with Crippen molar-refractivity contribution >= 4 is 39.6 Å². The second-order valence-corrected chi connectivity index (χ2v) is 4.57. The van der Waals surface area contributed by atoms with Crippen molar-refractivity contribution in [1.29, 1.82) is 0 Å². The Morgan fingerprint density at radius 1 is 1.50 bits per heavy atom. The first kappa shape index (κ1) is 14.1. The molecule has 0 atom stereocenters. The third kappa shape index (κ3) is 4.09. The predicted octanol–water partition coefficient (Wildman–Crippen LogP) is 1.98. The molecule has 0 aliphatic rings. The van der Waals surface area contributed by atoms with Gasteiger partial charge in [0.05, 0.1) is 11.9 Å². The smallest absolute Gasteiger partial charge is 0.325 e. The van der Waals surface area contributed by atoms with Crippen molar-refractivity contribution in [3.8, 4) is 0 Å². The molecule has 0 aliphatic carbocycles. The molecule has 0 bridgehead atoms. The highest BCUT2D eigenvalue weighted by atomic mass is 79.9. The molecule has 2 aromatic heterocycles. The number of nitrogens with one attached hydrogen (secondary N) is 1. The van der Waals surface area contributed by atoms with Gasteiger partial charge in [0.2, 0.25) is 5.91 Å². The van der Waals surface area contributed by atoms with Gasteiger partial charge >= 0.3 is 5.97 Å². The molecule has 7 nitrogen and oxygen atoms in total. The average molecular weight is 340 g/mol. The Labute approximate surface area is 122 Å². The highest BCUT2D eigenvalue weighted by Crippen LogP contribution is 2.15. The SMILES string of the molecule is O=C(O)Cn1cc(NC(=O)/C=C/c2ccc(Br)o2)cn1. The Balaban J connectivity index is 1.92. The Hall–Kier alpha value is -2.35. The topological polar surface area (TPSA) is 97.4 Å². The van der Waals surface area contributed by atoms with Crippen LogP contribution in [-0.4, -0.2) is 26.8 Å². The molecule has 0 aliphatic heterocycles. The van der Waals surface area contributed by atoms with Crippen molar-refractivity contribution < 1.29 is 19.1 Å². The number of aromatic nitrogens is 2. The first-order valence-corrected chi connectivity index (χ1v) is 6.31. The summed E-state index contributed by atoms with van der Waals surface area (Å²) < 4.78 is 6.99. The molecule has 2 rings (SSSR count). The maximum Gasteiger partial charge on any atom is 0.325 e. The van der Waals surface area contributed by atoms with E-state index in [9.17, 15) is 9.59 Å². The number of aliphatic carboxylic acids is 1. The number of amides is 1. The lowest BCUT2D eigenvalue weighted by Gasteiger charge is -1.96. The molecule has 2 heterocycles. The molecule has 0 unspecified atom stereocenters. The highest BCUT2D eigenvalue weighted by Gasteiger charge is 2.04. The molecule has 8 heteroatoms. The van der Waals surface area contributed by atoms with E-state index in [0.29, 0.717) is 16.1 Å². The molecule has 20 heavy (non-hydrogen) atoms. The van der Waals surface area contributed by atoms with Crippen LogP contribution in [0.25, 0.3) is 6.08 Å². The molecule has 1 amide bonds. The summed E-state index contributed by atoms with van der Waals surface area (Å²) in [7, 11) is 0. The van der Waals surface area contributed by atoms with Crippen LogP contribution in [0.4, 0.5) is 5.69 Å². The van der Waals surface area contributed by atoms with Crippen LogP contribution in [0, 0.1) is 0 Å². The third-order valence-electron chi connectivity index (χ3n) is 2.19. The summed E-state index contributed by atoms with van der Waals surface area (Å²) in [4.78, 5) is 22.1. The summed E-state index contributed by atoms with van der Waals surface area (Å²) in [5, 5.41) is 15.0. The van der Waals surface area contributed by atoms with Gasteiger partial charge in [0.1, 0.15) is 12.3 Å². The maximum absolute atomic E-state index is 11.6. The van der Waals surface area contributed by atoms with Gasteiger partial charge in [-0.25, -0.2) is 0 Å². The minimum atomic E-state index is -1.01. The third-order valence-corrected chi connectivity index (χ3v) is 2.62. The lowest BCUT2D eigenvalue weighted by atomic mass is 10.4. The number of carbonyl (C=O) groups excluding carboxylic acids is 1. The molecular formula is C12H10BrN3O4. The van der Waals surface area contributed by atoms with Gasteiger partial charge in [-0.2, -0.15) is 5.10 Å². The Morgan fingerprint density at radius 2 is 2.30 bits per heavy atom. The zero-order valence-corrected chi connectivity index (χ0v) is 11.7. The van der Waals surface area contributed by atoms with Gasteiger partial charge in [-0.15, -0.1) is 0 Å². The Kier molecular flexibility index (Phi) is 4.36. The second-order valence-electron chi connectivity index (χ2n) is 3.78. The largest absolute Gasteiger partial charge is 0.480 e. The van der Waals surface area contributed by atoms with Crippen LogP contribution in [0.15, 0.2) is 39.7 Å². The molecule has 2 aromatic rings. The molecule has 0 saturated heterocycles. The lowest BCUT2D eigenvalue weighted by molar-refractivity contribution is -0.137. The normalized spacial score (nSPS) is 10.8. The number of hydrogen-bond donors (Lipinski definition) is 2. The van der Waals surface area contributed by atoms with Gasteiger partial charge in [0.25, 0.3) is 0 Å². The number of anilines is 1. The fourth-order valence-corrected chi connectivity index (χ4v) is 1.73. The second kappa shape index (κ2) is 6.20.